The maximum Gasteiger partial charge on any atom is 0.247 e. The van der Waals surface area contributed by atoms with Gasteiger partial charge in [0.2, 0.25) is 10.0 Å². The van der Waals surface area contributed by atoms with Gasteiger partial charge in [0.05, 0.1) is 6.54 Å². The van der Waals surface area contributed by atoms with Crippen LogP contribution in [0.1, 0.15) is 26.0 Å². The third kappa shape index (κ3) is 3.04. The fourth-order valence-electron chi connectivity index (χ4n) is 2.62. The van der Waals surface area contributed by atoms with Crippen molar-refractivity contribution >= 4 is 26.0 Å². The molecule has 1 saturated heterocycles. The Morgan fingerprint density at radius 2 is 2.00 bits per heavy atom. The van der Waals surface area contributed by atoms with E-state index in [2.05, 4.69) is 29.8 Å². The number of nitrogens with two attached hydrogens (primary N) is 1. The van der Waals surface area contributed by atoms with Gasteiger partial charge < -0.3 is 10.2 Å². The third-order valence-electron chi connectivity index (χ3n) is 3.36. The van der Waals surface area contributed by atoms with Gasteiger partial charge in [0.1, 0.15) is 10.7 Å². The van der Waals surface area contributed by atoms with Gasteiger partial charge in [-0.2, -0.15) is 4.31 Å². The second-order valence-corrected chi connectivity index (χ2v) is 7.95. The number of rotatable bonds is 3. The van der Waals surface area contributed by atoms with Crippen LogP contribution in [0.4, 0.5) is 0 Å². The first-order chi connectivity index (χ1) is 8.84. The summed E-state index contributed by atoms with van der Waals surface area (Å²) in [4.78, 5) is 0.175. The summed E-state index contributed by atoms with van der Waals surface area (Å²) in [5, 5.41) is 0. The monoisotopic (exact) mass is 350 g/mol. The Bertz CT molecular complexity index is 545. The summed E-state index contributed by atoms with van der Waals surface area (Å²) in [6.07, 6.45) is 1.06. The molecule has 1 aliphatic rings. The Hall–Kier alpha value is -0.370. The first-order valence-electron chi connectivity index (χ1n) is 6.33. The lowest BCUT2D eigenvalue weighted by molar-refractivity contribution is 0.222. The van der Waals surface area contributed by atoms with E-state index in [0.29, 0.717) is 30.7 Å². The highest BCUT2D eigenvalue weighted by molar-refractivity contribution is 9.10. The average Bonchev–Trinajstić information content (AvgIpc) is 2.70. The normalized spacial score (nSPS) is 25.7. The van der Waals surface area contributed by atoms with E-state index in [4.69, 9.17) is 10.2 Å². The van der Waals surface area contributed by atoms with Crippen molar-refractivity contribution < 1.29 is 12.8 Å². The van der Waals surface area contributed by atoms with Crippen molar-refractivity contribution in [1.29, 1.82) is 0 Å². The fraction of sp³-hybridized carbons (Fsp3) is 0.667. The van der Waals surface area contributed by atoms with Gasteiger partial charge in [-0.3, -0.25) is 0 Å². The van der Waals surface area contributed by atoms with Gasteiger partial charge >= 0.3 is 0 Å². The van der Waals surface area contributed by atoms with Crippen LogP contribution in [0, 0.1) is 11.8 Å². The number of hydrogen-bond acceptors (Lipinski definition) is 4. The summed E-state index contributed by atoms with van der Waals surface area (Å²) in [7, 11) is -3.51. The molecule has 0 aromatic carbocycles. The van der Waals surface area contributed by atoms with E-state index in [1.165, 1.54) is 6.07 Å². The molecular formula is C12H19BrN2O3S. The van der Waals surface area contributed by atoms with Gasteiger partial charge in [-0.05, 0) is 34.2 Å². The quantitative estimate of drug-likeness (QED) is 0.906. The van der Waals surface area contributed by atoms with Crippen LogP contribution in [0.15, 0.2) is 20.0 Å². The van der Waals surface area contributed by atoms with Crippen LogP contribution in [-0.2, 0) is 16.6 Å². The molecule has 0 bridgehead atoms. The summed E-state index contributed by atoms with van der Waals surface area (Å²) in [6.45, 7) is 5.45. The smallest absolute Gasteiger partial charge is 0.247 e. The largest absolute Gasteiger partial charge is 0.452 e. The molecule has 19 heavy (non-hydrogen) atoms. The van der Waals surface area contributed by atoms with E-state index >= 15 is 0 Å². The minimum absolute atomic E-state index is 0.175. The topological polar surface area (TPSA) is 76.5 Å². The minimum Gasteiger partial charge on any atom is -0.452 e. The molecule has 0 amide bonds. The molecule has 5 nitrogen and oxygen atoms in total. The van der Waals surface area contributed by atoms with Crippen molar-refractivity contribution in [2.75, 3.05) is 13.1 Å². The summed E-state index contributed by atoms with van der Waals surface area (Å²) < 4.78 is 32.3. The van der Waals surface area contributed by atoms with Crippen molar-refractivity contribution in [1.82, 2.24) is 4.31 Å². The summed E-state index contributed by atoms with van der Waals surface area (Å²) in [6, 6.07) is 1.50. The van der Waals surface area contributed by atoms with E-state index in [-0.39, 0.29) is 16.1 Å². The lowest BCUT2D eigenvalue weighted by Gasteiger charge is -2.33. The van der Waals surface area contributed by atoms with Crippen LogP contribution in [0.2, 0.25) is 0 Å². The molecule has 0 spiro atoms. The Morgan fingerprint density at radius 1 is 1.42 bits per heavy atom. The average molecular weight is 351 g/mol. The predicted molar refractivity (Wildman–Crippen MR) is 76.0 cm³/mol. The zero-order valence-corrected chi connectivity index (χ0v) is 13.5. The third-order valence-corrected chi connectivity index (χ3v) is 6.05. The van der Waals surface area contributed by atoms with Gasteiger partial charge in [0.25, 0.3) is 0 Å². The number of halogens is 1. The van der Waals surface area contributed by atoms with Gasteiger partial charge in [-0.25, -0.2) is 8.42 Å². The number of sulfonamides is 1. The van der Waals surface area contributed by atoms with Crippen molar-refractivity contribution in [3.8, 4) is 0 Å². The molecule has 7 heteroatoms. The molecule has 0 saturated carbocycles. The second-order valence-electron chi connectivity index (χ2n) is 5.32. The lowest BCUT2D eigenvalue weighted by Crippen LogP contribution is -2.42. The van der Waals surface area contributed by atoms with Crippen LogP contribution < -0.4 is 5.73 Å². The van der Waals surface area contributed by atoms with Crippen LogP contribution in [0.25, 0.3) is 0 Å². The number of furan rings is 1. The fourth-order valence-corrected chi connectivity index (χ4v) is 5.26. The van der Waals surface area contributed by atoms with E-state index in [9.17, 15) is 8.42 Å². The van der Waals surface area contributed by atoms with Crippen LogP contribution in [0.5, 0.6) is 0 Å². The molecule has 2 heterocycles. The van der Waals surface area contributed by atoms with Crippen LogP contribution in [-0.4, -0.2) is 25.8 Å². The number of nitrogens with zero attached hydrogens (tertiary/aromatic N) is 1. The molecule has 1 fully saturated rings. The van der Waals surface area contributed by atoms with E-state index in [1.807, 2.05) is 0 Å². The Labute approximate surface area is 122 Å². The van der Waals surface area contributed by atoms with Gasteiger partial charge in [0.15, 0.2) is 4.67 Å². The molecule has 0 aliphatic carbocycles. The van der Waals surface area contributed by atoms with E-state index < -0.39 is 10.0 Å². The molecule has 108 valence electrons. The van der Waals surface area contributed by atoms with Crippen molar-refractivity contribution in [3.63, 3.8) is 0 Å². The zero-order chi connectivity index (χ0) is 14.2. The first kappa shape index (κ1) is 15.0. The van der Waals surface area contributed by atoms with E-state index in [1.54, 1.807) is 4.31 Å². The Kier molecular flexibility index (Phi) is 4.39. The molecular weight excluding hydrogens is 332 g/mol. The zero-order valence-electron chi connectivity index (χ0n) is 11.1. The molecule has 2 atom stereocenters. The molecule has 0 radical (unpaired) electrons. The second kappa shape index (κ2) is 5.55. The number of piperidine rings is 1. The molecule has 2 rings (SSSR count). The summed E-state index contributed by atoms with van der Waals surface area (Å²) >= 11 is 3.16. The Morgan fingerprint density at radius 3 is 2.47 bits per heavy atom. The standard InChI is InChI=1S/C12H19BrN2O3S/c1-8-3-9(2)7-15(6-8)19(16,17)11-4-10(5-14)18-12(11)13/h4,8-9H,3,5-7,14H2,1-2H3. The predicted octanol–water partition coefficient (Wildman–Crippen LogP) is 2.17. The highest BCUT2D eigenvalue weighted by Gasteiger charge is 2.34. The van der Waals surface area contributed by atoms with Crippen molar-refractivity contribution in [2.24, 2.45) is 17.6 Å². The highest BCUT2D eigenvalue weighted by Crippen LogP contribution is 2.32. The highest BCUT2D eigenvalue weighted by atomic mass is 79.9. The maximum absolute atomic E-state index is 12.6. The summed E-state index contributed by atoms with van der Waals surface area (Å²) in [5.41, 5.74) is 5.47. The molecule has 2 unspecified atom stereocenters. The molecule has 1 aromatic rings. The van der Waals surface area contributed by atoms with Gasteiger partial charge in [-0.1, -0.05) is 13.8 Å². The molecule has 1 aromatic heterocycles. The molecule has 1 aliphatic heterocycles. The van der Waals surface area contributed by atoms with Gasteiger partial charge in [0, 0.05) is 19.2 Å². The minimum atomic E-state index is -3.51. The van der Waals surface area contributed by atoms with Crippen molar-refractivity contribution in [3.05, 3.63) is 16.5 Å². The number of hydrogen-bond donors (Lipinski definition) is 1. The van der Waals surface area contributed by atoms with E-state index in [0.717, 1.165) is 6.42 Å². The van der Waals surface area contributed by atoms with Crippen LogP contribution >= 0.6 is 15.9 Å². The van der Waals surface area contributed by atoms with Gasteiger partial charge in [-0.15, -0.1) is 0 Å². The van der Waals surface area contributed by atoms with Crippen LogP contribution in [0.3, 0.4) is 0 Å². The molecule has 2 N–H and O–H groups in total. The Balaban J connectivity index is 2.33. The maximum atomic E-state index is 12.6. The SMILES string of the molecule is CC1CC(C)CN(S(=O)(=O)c2cc(CN)oc2Br)C1. The first-order valence-corrected chi connectivity index (χ1v) is 8.56. The lowest BCUT2D eigenvalue weighted by atomic mass is 9.94. The van der Waals surface area contributed by atoms with Crippen molar-refractivity contribution in [2.45, 2.75) is 31.7 Å². The summed E-state index contributed by atoms with van der Waals surface area (Å²) in [5.74, 6) is 1.21.